The van der Waals surface area contributed by atoms with E-state index in [9.17, 15) is 23.1 Å². The van der Waals surface area contributed by atoms with E-state index in [1.807, 2.05) is 0 Å². The molecule has 0 aliphatic heterocycles. The average molecular weight is 390 g/mol. The van der Waals surface area contributed by atoms with Crippen LogP contribution in [0.3, 0.4) is 0 Å². The van der Waals surface area contributed by atoms with E-state index in [1.165, 1.54) is 13.0 Å². The van der Waals surface area contributed by atoms with Gasteiger partial charge in [-0.3, -0.25) is 14.3 Å². The number of carboxylic acids is 1. The van der Waals surface area contributed by atoms with Crippen LogP contribution in [0.4, 0.5) is 5.69 Å². The van der Waals surface area contributed by atoms with E-state index < -0.39 is 27.3 Å². The molecule has 7 nitrogen and oxygen atoms in total. The number of carbonyl (C=O) groups is 2. The van der Waals surface area contributed by atoms with Gasteiger partial charge >= 0.3 is 5.97 Å². The van der Waals surface area contributed by atoms with E-state index in [4.69, 9.17) is 0 Å². The maximum Gasteiger partial charge on any atom is 0.315 e. The summed E-state index contributed by atoms with van der Waals surface area (Å²) in [5, 5.41) is 12.3. The van der Waals surface area contributed by atoms with Crippen LogP contribution in [0.25, 0.3) is 0 Å². The zero-order valence-corrected chi connectivity index (χ0v) is 16.1. The van der Waals surface area contributed by atoms with Crippen LogP contribution in [0.1, 0.15) is 28.4 Å². The van der Waals surface area contributed by atoms with Crippen molar-refractivity contribution in [2.75, 3.05) is 17.5 Å². The maximum absolute atomic E-state index is 12.7. The Hall–Kier alpha value is -2.87. The Labute approximate surface area is 158 Å². The molecule has 0 aliphatic rings. The van der Waals surface area contributed by atoms with Gasteiger partial charge in [0.25, 0.3) is 5.91 Å². The van der Waals surface area contributed by atoms with E-state index in [-0.39, 0.29) is 17.8 Å². The van der Waals surface area contributed by atoms with E-state index >= 15 is 0 Å². The molecule has 0 radical (unpaired) electrons. The highest BCUT2D eigenvalue weighted by Gasteiger charge is 2.35. The van der Waals surface area contributed by atoms with Gasteiger partial charge in [0.05, 0.1) is 17.5 Å². The van der Waals surface area contributed by atoms with Gasteiger partial charge in [0.15, 0.2) is 0 Å². The fourth-order valence-corrected chi connectivity index (χ4v) is 3.17. The fraction of sp³-hybridized carbons (Fsp3) is 0.263. The molecule has 0 fully saturated rings. The third-order valence-corrected chi connectivity index (χ3v) is 4.79. The Morgan fingerprint density at radius 2 is 1.74 bits per heavy atom. The van der Waals surface area contributed by atoms with Gasteiger partial charge in [0.1, 0.15) is 5.41 Å². The molecule has 1 atom stereocenters. The normalized spacial score (nSPS) is 13.4. The first-order chi connectivity index (χ1) is 12.5. The number of benzene rings is 2. The van der Waals surface area contributed by atoms with Gasteiger partial charge in [0, 0.05) is 6.54 Å². The number of carboxylic acid groups (broad SMARTS) is 1. The molecule has 8 heteroatoms. The lowest BCUT2D eigenvalue weighted by molar-refractivity contribution is -0.142. The Kier molecular flexibility index (Phi) is 5.90. The smallest absolute Gasteiger partial charge is 0.315 e. The SMILES string of the molecule is Cc1ccc(NS(C)(=O)=O)c(C(=O)NCC(C)(C(=O)O)c2ccccc2)c1. The third kappa shape index (κ3) is 5.07. The number of carbonyl (C=O) groups excluding carboxylic acids is 1. The monoisotopic (exact) mass is 390 g/mol. The summed E-state index contributed by atoms with van der Waals surface area (Å²) in [6.07, 6.45) is 0.992. The molecule has 2 rings (SSSR count). The molecule has 0 aliphatic carbocycles. The quantitative estimate of drug-likeness (QED) is 0.670. The zero-order valence-electron chi connectivity index (χ0n) is 15.3. The van der Waals surface area contributed by atoms with Crippen molar-refractivity contribution in [3.63, 3.8) is 0 Å². The lowest BCUT2D eigenvalue weighted by atomic mass is 9.82. The standard InChI is InChI=1S/C19H22N2O5S/c1-13-9-10-16(21-27(3,25)26)15(11-13)17(22)20-12-19(2,18(23)24)14-7-5-4-6-8-14/h4-11,21H,12H2,1-3H3,(H,20,22)(H,23,24). The second-order valence-electron chi connectivity index (χ2n) is 6.61. The average Bonchev–Trinajstić information content (AvgIpc) is 2.60. The molecule has 3 N–H and O–H groups in total. The van der Waals surface area contributed by atoms with Gasteiger partial charge in [0.2, 0.25) is 10.0 Å². The molecule has 2 aromatic rings. The van der Waals surface area contributed by atoms with E-state index in [2.05, 4.69) is 10.0 Å². The Morgan fingerprint density at radius 1 is 1.11 bits per heavy atom. The van der Waals surface area contributed by atoms with Crippen molar-refractivity contribution in [3.05, 3.63) is 65.2 Å². The van der Waals surface area contributed by atoms with Crippen LogP contribution in [0.2, 0.25) is 0 Å². The van der Waals surface area contributed by atoms with Crippen molar-refractivity contribution >= 4 is 27.6 Å². The van der Waals surface area contributed by atoms with Crippen molar-refractivity contribution in [2.24, 2.45) is 0 Å². The summed E-state index contributed by atoms with van der Waals surface area (Å²) >= 11 is 0. The predicted molar refractivity (Wildman–Crippen MR) is 103 cm³/mol. The molecular weight excluding hydrogens is 368 g/mol. The van der Waals surface area contributed by atoms with E-state index in [0.717, 1.165) is 11.8 Å². The first-order valence-corrected chi connectivity index (χ1v) is 10.1. The van der Waals surface area contributed by atoms with Crippen LogP contribution >= 0.6 is 0 Å². The van der Waals surface area contributed by atoms with Crippen LogP contribution in [0.15, 0.2) is 48.5 Å². The first kappa shape index (κ1) is 20.4. The topological polar surface area (TPSA) is 113 Å². The number of nitrogens with one attached hydrogen (secondary N) is 2. The Bertz CT molecular complexity index is 957. The fourth-order valence-electron chi connectivity index (χ4n) is 2.59. The lowest BCUT2D eigenvalue weighted by Crippen LogP contribution is -2.44. The summed E-state index contributed by atoms with van der Waals surface area (Å²) in [6, 6.07) is 13.3. The highest BCUT2D eigenvalue weighted by atomic mass is 32.2. The van der Waals surface area contributed by atoms with E-state index in [0.29, 0.717) is 5.56 Å². The van der Waals surface area contributed by atoms with Crippen molar-refractivity contribution in [1.29, 1.82) is 0 Å². The van der Waals surface area contributed by atoms with Crippen LogP contribution < -0.4 is 10.0 Å². The van der Waals surface area contributed by atoms with Crippen LogP contribution in [-0.4, -0.2) is 38.2 Å². The molecular formula is C19H22N2O5S. The number of amides is 1. The largest absolute Gasteiger partial charge is 0.481 e. The van der Waals surface area contributed by atoms with Crippen LogP contribution in [-0.2, 0) is 20.2 Å². The molecule has 0 bridgehead atoms. The van der Waals surface area contributed by atoms with Crippen molar-refractivity contribution in [2.45, 2.75) is 19.3 Å². The van der Waals surface area contributed by atoms with Gasteiger partial charge in [-0.15, -0.1) is 0 Å². The third-order valence-electron chi connectivity index (χ3n) is 4.20. The molecule has 1 amide bonds. The second kappa shape index (κ2) is 7.79. The van der Waals surface area contributed by atoms with Gasteiger partial charge in [-0.2, -0.15) is 0 Å². The van der Waals surface area contributed by atoms with Gasteiger partial charge in [-0.25, -0.2) is 8.42 Å². The molecule has 0 spiro atoms. The Balaban J connectivity index is 2.29. The summed E-state index contributed by atoms with van der Waals surface area (Å²) < 4.78 is 25.4. The Morgan fingerprint density at radius 3 is 2.30 bits per heavy atom. The summed E-state index contributed by atoms with van der Waals surface area (Å²) in [6.45, 7) is 3.14. The zero-order chi connectivity index (χ0) is 20.2. The number of anilines is 1. The van der Waals surface area contributed by atoms with Crippen molar-refractivity contribution in [3.8, 4) is 0 Å². The molecule has 0 saturated carbocycles. The summed E-state index contributed by atoms with van der Waals surface area (Å²) in [5.74, 6) is -1.64. The van der Waals surface area contributed by atoms with E-state index in [1.54, 1.807) is 49.4 Å². The number of aliphatic carboxylic acids is 1. The number of hydrogen-bond acceptors (Lipinski definition) is 4. The highest BCUT2D eigenvalue weighted by Crippen LogP contribution is 2.24. The number of hydrogen-bond donors (Lipinski definition) is 3. The second-order valence-corrected chi connectivity index (χ2v) is 8.36. The van der Waals surface area contributed by atoms with Crippen molar-refractivity contribution in [1.82, 2.24) is 5.32 Å². The predicted octanol–water partition coefficient (Wildman–Crippen LogP) is 2.14. The summed E-state index contributed by atoms with van der Waals surface area (Å²) in [7, 11) is -3.57. The molecule has 0 saturated heterocycles. The van der Waals surface area contributed by atoms with Crippen LogP contribution in [0.5, 0.6) is 0 Å². The molecule has 0 aromatic heterocycles. The summed E-state index contributed by atoms with van der Waals surface area (Å²) in [4.78, 5) is 24.5. The van der Waals surface area contributed by atoms with Crippen molar-refractivity contribution < 1.29 is 23.1 Å². The molecule has 0 heterocycles. The lowest BCUT2D eigenvalue weighted by Gasteiger charge is -2.26. The molecule has 2 aromatic carbocycles. The number of rotatable bonds is 7. The van der Waals surface area contributed by atoms with Gasteiger partial charge in [-0.05, 0) is 31.5 Å². The summed E-state index contributed by atoms with van der Waals surface area (Å²) in [5.41, 5.74) is 0.254. The van der Waals surface area contributed by atoms with Gasteiger partial charge < -0.3 is 10.4 Å². The minimum Gasteiger partial charge on any atom is -0.481 e. The van der Waals surface area contributed by atoms with Gasteiger partial charge in [-0.1, -0.05) is 42.0 Å². The molecule has 1 unspecified atom stereocenters. The van der Waals surface area contributed by atoms with Crippen LogP contribution in [0, 0.1) is 6.92 Å². The number of aryl methyl sites for hydroxylation is 1. The minimum atomic E-state index is -3.57. The molecule has 144 valence electrons. The number of sulfonamides is 1. The highest BCUT2D eigenvalue weighted by molar-refractivity contribution is 7.92. The molecule has 27 heavy (non-hydrogen) atoms. The minimum absolute atomic E-state index is 0.126. The first-order valence-electron chi connectivity index (χ1n) is 8.18. The maximum atomic E-state index is 12.7.